The van der Waals surface area contributed by atoms with Crippen LogP contribution in [0.4, 0.5) is 10.5 Å². The van der Waals surface area contributed by atoms with Crippen molar-refractivity contribution >= 4 is 23.3 Å². The number of hydrogen-bond donors (Lipinski definition) is 3. The molecule has 0 radical (unpaired) electrons. The van der Waals surface area contributed by atoms with Gasteiger partial charge in [-0.05, 0) is 56.7 Å². The van der Waals surface area contributed by atoms with E-state index in [1.807, 2.05) is 12.1 Å². The Labute approximate surface area is 182 Å². The number of carbonyl (C=O) groups excluding carboxylic acids is 1. The van der Waals surface area contributed by atoms with Gasteiger partial charge in [-0.1, -0.05) is 11.6 Å². The van der Waals surface area contributed by atoms with E-state index in [9.17, 15) is 9.90 Å². The largest absolute Gasteiger partial charge is 0.495 e. The molecule has 0 saturated carbocycles. The van der Waals surface area contributed by atoms with Crippen LogP contribution in [0.25, 0.3) is 0 Å². The van der Waals surface area contributed by atoms with Gasteiger partial charge in [0, 0.05) is 48.0 Å². The summed E-state index contributed by atoms with van der Waals surface area (Å²) in [4.78, 5) is 19.4. The average Bonchev–Trinajstić information content (AvgIpc) is 2.70. The van der Waals surface area contributed by atoms with Crippen molar-refractivity contribution in [3.8, 4) is 5.75 Å². The summed E-state index contributed by atoms with van der Waals surface area (Å²) in [5.74, 6) is 0.677. The highest BCUT2D eigenvalue weighted by atomic mass is 35.5. The lowest BCUT2D eigenvalue weighted by Crippen LogP contribution is -2.53. The first-order chi connectivity index (χ1) is 14.2. The molecule has 1 aromatic heterocycles. The summed E-state index contributed by atoms with van der Waals surface area (Å²) >= 11 is 5.91. The van der Waals surface area contributed by atoms with Crippen LogP contribution in [-0.4, -0.2) is 59.4 Å². The molecule has 0 unspecified atom stereocenters. The monoisotopic (exact) mass is 432 g/mol. The van der Waals surface area contributed by atoms with E-state index in [1.54, 1.807) is 51.4 Å². The third kappa shape index (κ3) is 6.32. The number of urea groups is 1. The Morgan fingerprint density at radius 2 is 2.03 bits per heavy atom. The van der Waals surface area contributed by atoms with Crippen molar-refractivity contribution in [3.63, 3.8) is 0 Å². The van der Waals surface area contributed by atoms with Crippen LogP contribution in [0.3, 0.4) is 0 Å². The highest BCUT2D eigenvalue weighted by Gasteiger charge is 2.34. The Kier molecular flexibility index (Phi) is 7.18. The summed E-state index contributed by atoms with van der Waals surface area (Å²) in [7, 11) is 1.60. The summed E-state index contributed by atoms with van der Waals surface area (Å²) < 4.78 is 5.21. The maximum Gasteiger partial charge on any atom is 0.319 e. The fraction of sp³-hybridized carbons (Fsp3) is 0.455. The molecule has 1 aliphatic rings. The molecule has 8 heteroatoms. The quantitative estimate of drug-likeness (QED) is 0.650. The number of β-amino-alcohol motifs (C(OH)–C–C–N with tert-alkyl or cyclic N) is 1. The number of methoxy groups -OCH3 is 1. The molecule has 162 valence electrons. The van der Waals surface area contributed by atoms with E-state index >= 15 is 0 Å². The van der Waals surface area contributed by atoms with Gasteiger partial charge in [0.15, 0.2) is 0 Å². The van der Waals surface area contributed by atoms with Crippen molar-refractivity contribution in [2.24, 2.45) is 0 Å². The standard InChI is InChI=1S/C22H29ClN4O3/c1-22(2,29)14-27-11-10-20(18(13-27)19-9-8-17(30-3)12-24-19)26-21(28)25-16-6-4-15(23)5-7-16/h4-9,12,18,20,29H,10-11,13-14H2,1-3H3,(H2,25,26,28)/t18-,20+/m0/s1. The van der Waals surface area contributed by atoms with Gasteiger partial charge in [-0.2, -0.15) is 0 Å². The minimum atomic E-state index is -0.788. The van der Waals surface area contributed by atoms with Crippen LogP contribution in [0.5, 0.6) is 5.75 Å². The Morgan fingerprint density at radius 1 is 1.30 bits per heavy atom. The smallest absolute Gasteiger partial charge is 0.319 e. The second-order valence-corrected chi connectivity index (χ2v) is 8.71. The molecule has 2 atom stereocenters. The van der Waals surface area contributed by atoms with E-state index in [0.29, 0.717) is 29.5 Å². The number of benzene rings is 1. The molecule has 1 saturated heterocycles. The number of nitrogens with zero attached hydrogens (tertiary/aromatic N) is 2. The first-order valence-corrected chi connectivity index (χ1v) is 10.4. The van der Waals surface area contributed by atoms with E-state index in [4.69, 9.17) is 16.3 Å². The number of halogens is 1. The van der Waals surface area contributed by atoms with E-state index in [0.717, 1.165) is 18.7 Å². The molecule has 1 aromatic carbocycles. The van der Waals surface area contributed by atoms with Crippen LogP contribution in [0, 0.1) is 0 Å². The molecule has 1 fully saturated rings. The highest BCUT2D eigenvalue weighted by molar-refractivity contribution is 6.30. The third-order valence-electron chi connectivity index (χ3n) is 5.10. The Bertz CT molecular complexity index is 837. The van der Waals surface area contributed by atoms with Crippen LogP contribution in [-0.2, 0) is 0 Å². The number of carbonyl (C=O) groups is 1. The van der Waals surface area contributed by atoms with Crippen LogP contribution < -0.4 is 15.4 Å². The maximum atomic E-state index is 12.6. The van der Waals surface area contributed by atoms with Crippen LogP contribution >= 0.6 is 11.6 Å². The molecule has 3 rings (SSSR count). The topological polar surface area (TPSA) is 86.7 Å². The lowest BCUT2D eigenvalue weighted by atomic mass is 9.88. The van der Waals surface area contributed by atoms with E-state index in [2.05, 4.69) is 20.5 Å². The van der Waals surface area contributed by atoms with Crippen LogP contribution in [0.1, 0.15) is 31.9 Å². The summed E-state index contributed by atoms with van der Waals surface area (Å²) in [6, 6.07) is 10.4. The molecule has 0 aliphatic carbocycles. The first-order valence-electron chi connectivity index (χ1n) is 10.0. The normalized spacial score (nSPS) is 19.9. The van der Waals surface area contributed by atoms with Gasteiger partial charge in [0.25, 0.3) is 0 Å². The second kappa shape index (κ2) is 9.64. The SMILES string of the molecule is COc1ccc([C@@H]2CN(CC(C)(C)O)CC[C@H]2NC(=O)Nc2ccc(Cl)cc2)nc1. The zero-order valence-corrected chi connectivity index (χ0v) is 18.3. The lowest BCUT2D eigenvalue weighted by Gasteiger charge is -2.40. The molecule has 3 N–H and O–H groups in total. The fourth-order valence-electron chi connectivity index (χ4n) is 3.78. The number of rotatable bonds is 6. The zero-order valence-electron chi connectivity index (χ0n) is 17.6. The van der Waals surface area contributed by atoms with Crippen LogP contribution in [0.15, 0.2) is 42.6 Å². The molecule has 7 nitrogen and oxygen atoms in total. The number of likely N-dealkylation sites (tertiary alicyclic amines) is 1. The number of piperidine rings is 1. The summed E-state index contributed by atoms with van der Waals surface area (Å²) in [5, 5.41) is 16.8. The maximum absolute atomic E-state index is 12.6. The molecular weight excluding hydrogens is 404 g/mol. The third-order valence-corrected chi connectivity index (χ3v) is 5.35. The van der Waals surface area contributed by atoms with Gasteiger partial charge < -0.3 is 20.5 Å². The second-order valence-electron chi connectivity index (χ2n) is 8.28. The summed E-state index contributed by atoms with van der Waals surface area (Å²) in [6.07, 6.45) is 2.44. The number of hydrogen-bond acceptors (Lipinski definition) is 5. The van der Waals surface area contributed by atoms with Gasteiger partial charge in [0.2, 0.25) is 0 Å². The van der Waals surface area contributed by atoms with E-state index in [1.165, 1.54) is 0 Å². The van der Waals surface area contributed by atoms with Crippen molar-refractivity contribution in [1.82, 2.24) is 15.2 Å². The minimum absolute atomic E-state index is 0.0111. The number of anilines is 1. The number of aliphatic hydroxyl groups is 1. The van der Waals surface area contributed by atoms with E-state index in [-0.39, 0.29) is 18.0 Å². The molecule has 2 amide bonds. The Hall–Kier alpha value is -2.35. The molecule has 30 heavy (non-hydrogen) atoms. The zero-order chi connectivity index (χ0) is 21.7. The summed E-state index contributed by atoms with van der Waals surface area (Å²) in [5.41, 5.74) is 0.771. The predicted molar refractivity (Wildman–Crippen MR) is 118 cm³/mol. The predicted octanol–water partition coefficient (Wildman–Crippen LogP) is 3.49. The number of amides is 2. The Morgan fingerprint density at radius 3 is 2.63 bits per heavy atom. The average molecular weight is 433 g/mol. The fourth-order valence-corrected chi connectivity index (χ4v) is 3.91. The van der Waals surface area contributed by atoms with Gasteiger partial charge >= 0.3 is 6.03 Å². The van der Waals surface area contributed by atoms with Crippen molar-refractivity contribution in [2.45, 2.75) is 37.8 Å². The van der Waals surface area contributed by atoms with Gasteiger partial charge in [-0.3, -0.25) is 9.88 Å². The minimum Gasteiger partial charge on any atom is -0.495 e. The van der Waals surface area contributed by atoms with Gasteiger partial charge in [-0.25, -0.2) is 4.79 Å². The molecule has 1 aliphatic heterocycles. The van der Waals surface area contributed by atoms with Crippen molar-refractivity contribution < 1.29 is 14.6 Å². The van der Waals surface area contributed by atoms with E-state index < -0.39 is 5.60 Å². The molecule has 0 bridgehead atoms. The van der Waals surface area contributed by atoms with Crippen LogP contribution in [0.2, 0.25) is 5.02 Å². The number of ether oxygens (including phenoxy) is 1. The van der Waals surface area contributed by atoms with Gasteiger partial charge in [-0.15, -0.1) is 0 Å². The number of aromatic nitrogens is 1. The number of nitrogens with one attached hydrogen (secondary N) is 2. The van der Waals surface area contributed by atoms with Crippen molar-refractivity contribution in [1.29, 1.82) is 0 Å². The Balaban J connectivity index is 1.72. The highest BCUT2D eigenvalue weighted by Crippen LogP contribution is 2.28. The van der Waals surface area contributed by atoms with Gasteiger partial charge in [0.05, 0.1) is 18.9 Å². The lowest BCUT2D eigenvalue weighted by molar-refractivity contribution is 0.0233. The van der Waals surface area contributed by atoms with Crippen molar-refractivity contribution in [3.05, 3.63) is 53.3 Å². The molecule has 2 aromatic rings. The van der Waals surface area contributed by atoms with Gasteiger partial charge in [0.1, 0.15) is 5.75 Å². The molecule has 0 spiro atoms. The molecule has 2 heterocycles. The number of pyridine rings is 1. The summed E-state index contributed by atoms with van der Waals surface area (Å²) in [6.45, 7) is 5.64. The molecular formula is C22H29ClN4O3. The first kappa shape index (κ1) is 22.3. The van der Waals surface area contributed by atoms with Crippen molar-refractivity contribution in [2.75, 3.05) is 32.1 Å².